The van der Waals surface area contributed by atoms with Crippen LogP contribution in [0.3, 0.4) is 0 Å². The minimum absolute atomic E-state index is 0.0399. The Balaban J connectivity index is 2.45. The number of rotatable bonds is 5. The van der Waals surface area contributed by atoms with Crippen LogP contribution >= 0.6 is 0 Å². The third-order valence-electron chi connectivity index (χ3n) is 1.96. The molecule has 0 saturated heterocycles. The minimum atomic E-state index is -0.983. The van der Waals surface area contributed by atoms with Gasteiger partial charge in [0, 0.05) is 12.5 Å². The molecule has 1 aromatic heterocycles. The summed E-state index contributed by atoms with van der Waals surface area (Å²) in [6, 6.07) is 1.60. The Morgan fingerprint density at radius 1 is 1.47 bits per heavy atom. The number of hydrogen-bond donors (Lipinski definition) is 1. The summed E-state index contributed by atoms with van der Waals surface area (Å²) in [6.45, 7) is 1.69. The summed E-state index contributed by atoms with van der Waals surface area (Å²) in [5.74, 6) is -1.02. The normalized spacial score (nSPS) is 11.4. The van der Waals surface area contributed by atoms with Gasteiger partial charge in [0.1, 0.15) is 6.26 Å². The lowest BCUT2D eigenvalue weighted by Gasteiger charge is -1.98. The molecule has 0 radical (unpaired) electrons. The zero-order chi connectivity index (χ0) is 11.3. The Morgan fingerprint density at radius 2 is 2.20 bits per heavy atom. The van der Waals surface area contributed by atoms with Crippen LogP contribution in [-0.4, -0.2) is 16.9 Å². The molecule has 15 heavy (non-hydrogen) atoms. The molecule has 0 aliphatic carbocycles. The van der Waals surface area contributed by atoms with Crippen molar-refractivity contribution < 1.29 is 19.1 Å². The summed E-state index contributed by atoms with van der Waals surface area (Å²) in [7, 11) is 0. The van der Waals surface area contributed by atoms with Gasteiger partial charge in [0.15, 0.2) is 5.78 Å². The second-order valence-corrected chi connectivity index (χ2v) is 3.26. The van der Waals surface area contributed by atoms with E-state index in [1.807, 2.05) is 0 Å². The number of furan rings is 1. The summed E-state index contributed by atoms with van der Waals surface area (Å²) < 4.78 is 4.78. The van der Waals surface area contributed by atoms with E-state index in [0.29, 0.717) is 24.0 Å². The lowest BCUT2D eigenvalue weighted by Crippen LogP contribution is -1.98. The molecule has 1 rings (SSSR count). The van der Waals surface area contributed by atoms with E-state index in [4.69, 9.17) is 9.52 Å². The average molecular weight is 208 g/mol. The van der Waals surface area contributed by atoms with Crippen LogP contribution in [0.2, 0.25) is 0 Å². The van der Waals surface area contributed by atoms with Crippen LogP contribution in [0.15, 0.2) is 34.7 Å². The van der Waals surface area contributed by atoms with Crippen molar-refractivity contribution in [3.05, 3.63) is 35.8 Å². The highest BCUT2D eigenvalue weighted by atomic mass is 16.4. The quantitative estimate of drug-likeness (QED) is 0.595. The zero-order valence-electron chi connectivity index (χ0n) is 8.40. The van der Waals surface area contributed by atoms with Crippen molar-refractivity contribution in [1.29, 1.82) is 0 Å². The molecule has 80 valence electrons. The molecule has 0 saturated carbocycles. The first-order chi connectivity index (χ1) is 7.09. The minimum Gasteiger partial charge on any atom is -0.478 e. The number of carbonyl (C=O) groups excluding carboxylic acids is 1. The molecule has 0 aliphatic heterocycles. The number of hydrogen-bond acceptors (Lipinski definition) is 3. The topological polar surface area (TPSA) is 67.5 Å². The molecule has 0 unspecified atom stereocenters. The number of Topliss-reactive ketones (excluding diaryl/α,β-unsaturated/α-hetero) is 1. The smallest absolute Gasteiger partial charge is 0.328 e. The van der Waals surface area contributed by atoms with Crippen LogP contribution in [0, 0.1) is 0 Å². The molecule has 0 fully saturated rings. The highest BCUT2D eigenvalue weighted by Gasteiger charge is 2.07. The molecule has 0 amide bonds. The van der Waals surface area contributed by atoms with Crippen molar-refractivity contribution in [2.24, 2.45) is 0 Å². The van der Waals surface area contributed by atoms with Crippen molar-refractivity contribution in [2.75, 3.05) is 0 Å². The van der Waals surface area contributed by atoms with E-state index in [1.165, 1.54) is 12.5 Å². The second kappa shape index (κ2) is 5.14. The maximum absolute atomic E-state index is 11.5. The molecule has 1 N–H and O–H groups in total. The fourth-order valence-corrected chi connectivity index (χ4v) is 1.16. The van der Waals surface area contributed by atoms with E-state index in [2.05, 4.69) is 0 Å². The van der Waals surface area contributed by atoms with Crippen LogP contribution < -0.4 is 0 Å². The van der Waals surface area contributed by atoms with Crippen LogP contribution in [0.1, 0.15) is 30.1 Å². The molecule has 1 aromatic rings. The van der Waals surface area contributed by atoms with Gasteiger partial charge < -0.3 is 9.52 Å². The summed E-state index contributed by atoms with van der Waals surface area (Å²) >= 11 is 0. The Morgan fingerprint density at radius 3 is 2.73 bits per heavy atom. The maximum Gasteiger partial charge on any atom is 0.328 e. The van der Waals surface area contributed by atoms with Crippen LogP contribution in [0.25, 0.3) is 0 Å². The van der Waals surface area contributed by atoms with Crippen molar-refractivity contribution in [1.82, 2.24) is 0 Å². The number of carboxylic acid groups (broad SMARTS) is 1. The number of allylic oxidation sites excluding steroid dienone is 1. The summed E-state index contributed by atoms with van der Waals surface area (Å²) in [5.41, 5.74) is 1.21. The molecule has 0 aromatic carbocycles. The van der Waals surface area contributed by atoms with Gasteiger partial charge in [-0.25, -0.2) is 4.79 Å². The van der Waals surface area contributed by atoms with E-state index in [0.717, 1.165) is 6.08 Å². The molecule has 1 heterocycles. The highest BCUT2D eigenvalue weighted by Crippen LogP contribution is 2.10. The fourth-order valence-electron chi connectivity index (χ4n) is 1.16. The van der Waals surface area contributed by atoms with Gasteiger partial charge in [-0.05, 0) is 19.4 Å². The van der Waals surface area contributed by atoms with Gasteiger partial charge in [-0.3, -0.25) is 4.79 Å². The van der Waals surface area contributed by atoms with Crippen molar-refractivity contribution in [3.8, 4) is 0 Å². The van der Waals surface area contributed by atoms with Gasteiger partial charge in [-0.2, -0.15) is 0 Å². The number of ketones is 1. The largest absolute Gasteiger partial charge is 0.478 e. The van der Waals surface area contributed by atoms with Crippen LogP contribution in [0.5, 0.6) is 0 Å². The summed E-state index contributed by atoms with van der Waals surface area (Å²) in [6.07, 6.45) is 4.69. The molecular formula is C11H12O4. The van der Waals surface area contributed by atoms with E-state index >= 15 is 0 Å². The van der Waals surface area contributed by atoms with Crippen LogP contribution in [0.4, 0.5) is 0 Å². The summed E-state index contributed by atoms with van der Waals surface area (Å²) in [5, 5.41) is 8.46. The molecule has 0 bridgehead atoms. The molecule has 4 heteroatoms. The predicted octanol–water partition coefficient (Wildman–Crippen LogP) is 2.27. The van der Waals surface area contributed by atoms with Gasteiger partial charge in [0.05, 0.1) is 11.8 Å². The number of carbonyl (C=O) groups is 2. The van der Waals surface area contributed by atoms with Crippen molar-refractivity contribution >= 4 is 11.8 Å². The Labute approximate surface area is 87.2 Å². The molecule has 4 nitrogen and oxygen atoms in total. The van der Waals surface area contributed by atoms with Gasteiger partial charge in [-0.1, -0.05) is 5.57 Å². The lowest BCUT2D eigenvalue weighted by molar-refractivity contribution is -0.131. The van der Waals surface area contributed by atoms with E-state index in [-0.39, 0.29) is 5.78 Å². The van der Waals surface area contributed by atoms with Gasteiger partial charge in [0.25, 0.3) is 0 Å². The molecule has 0 aliphatic rings. The first-order valence-corrected chi connectivity index (χ1v) is 4.55. The van der Waals surface area contributed by atoms with Crippen LogP contribution in [-0.2, 0) is 4.79 Å². The number of aliphatic carboxylic acids is 1. The van der Waals surface area contributed by atoms with Crippen molar-refractivity contribution in [3.63, 3.8) is 0 Å². The van der Waals surface area contributed by atoms with Crippen molar-refractivity contribution in [2.45, 2.75) is 19.8 Å². The van der Waals surface area contributed by atoms with E-state index in [1.54, 1.807) is 13.0 Å². The maximum atomic E-state index is 11.5. The third-order valence-corrected chi connectivity index (χ3v) is 1.96. The first-order valence-electron chi connectivity index (χ1n) is 4.55. The molecular weight excluding hydrogens is 196 g/mol. The lowest BCUT2D eigenvalue weighted by atomic mass is 10.1. The SMILES string of the molecule is C/C(=C\C(=O)O)CCC(=O)c1ccoc1. The van der Waals surface area contributed by atoms with Gasteiger partial charge >= 0.3 is 5.97 Å². The van der Waals surface area contributed by atoms with Gasteiger partial charge in [-0.15, -0.1) is 0 Å². The predicted molar refractivity (Wildman–Crippen MR) is 53.7 cm³/mol. The Kier molecular flexibility index (Phi) is 3.85. The third kappa shape index (κ3) is 3.81. The highest BCUT2D eigenvalue weighted by molar-refractivity contribution is 5.95. The molecule has 0 spiro atoms. The fraction of sp³-hybridized carbons (Fsp3) is 0.273. The zero-order valence-corrected chi connectivity index (χ0v) is 8.40. The first kappa shape index (κ1) is 11.2. The number of carboxylic acids is 1. The average Bonchev–Trinajstić information content (AvgIpc) is 2.65. The molecule has 0 atom stereocenters. The van der Waals surface area contributed by atoms with Gasteiger partial charge in [0.2, 0.25) is 0 Å². The second-order valence-electron chi connectivity index (χ2n) is 3.26. The Bertz CT molecular complexity index is 373. The standard InChI is InChI=1S/C11H12O4/c1-8(6-11(13)14)2-3-10(12)9-4-5-15-7-9/h4-7H,2-3H2,1H3,(H,13,14)/b8-6+. The summed E-state index contributed by atoms with van der Waals surface area (Å²) in [4.78, 5) is 21.8. The van der Waals surface area contributed by atoms with E-state index in [9.17, 15) is 9.59 Å². The van der Waals surface area contributed by atoms with E-state index < -0.39 is 5.97 Å². The monoisotopic (exact) mass is 208 g/mol. The Hall–Kier alpha value is -1.84.